The van der Waals surface area contributed by atoms with Crippen molar-refractivity contribution in [2.75, 3.05) is 20.3 Å². The molecule has 1 aliphatic heterocycles. The van der Waals surface area contributed by atoms with E-state index in [9.17, 15) is 22.8 Å². The number of halogens is 3. The van der Waals surface area contributed by atoms with E-state index in [2.05, 4.69) is 0 Å². The third-order valence-electron chi connectivity index (χ3n) is 3.94. The van der Waals surface area contributed by atoms with Crippen LogP contribution in [0.25, 0.3) is 0 Å². The average molecular weight is 332 g/mol. The maximum absolute atomic E-state index is 12.8. The number of nitrogens with zero attached hydrogens (tertiary/aromatic N) is 2. The molecule has 0 saturated carbocycles. The minimum atomic E-state index is -4.73. The summed E-state index contributed by atoms with van der Waals surface area (Å²) in [4.78, 5) is 25.9. The molecule has 0 aromatic carbocycles. The lowest BCUT2D eigenvalue weighted by Gasteiger charge is -2.35. The molecule has 2 heterocycles. The molecule has 0 unspecified atom stereocenters. The maximum atomic E-state index is 12.8. The van der Waals surface area contributed by atoms with Gasteiger partial charge in [0.15, 0.2) is 0 Å². The van der Waals surface area contributed by atoms with Crippen LogP contribution >= 0.6 is 0 Å². The Balaban J connectivity index is 2.18. The van der Waals surface area contributed by atoms with E-state index in [-0.39, 0.29) is 11.9 Å². The summed E-state index contributed by atoms with van der Waals surface area (Å²) in [5, 5.41) is 0. The van der Waals surface area contributed by atoms with Crippen LogP contribution in [0.5, 0.6) is 0 Å². The minimum Gasteiger partial charge on any atom is -0.383 e. The lowest BCUT2D eigenvalue weighted by Crippen LogP contribution is -2.48. The molecule has 0 aliphatic carbocycles. The Labute approximate surface area is 131 Å². The number of hydrogen-bond donors (Lipinski definition) is 0. The highest BCUT2D eigenvalue weighted by Crippen LogP contribution is 2.26. The number of ether oxygens (including phenoxy) is 1. The van der Waals surface area contributed by atoms with Crippen molar-refractivity contribution >= 4 is 5.91 Å². The van der Waals surface area contributed by atoms with Crippen molar-refractivity contribution in [2.24, 2.45) is 0 Å². The first-order valence-corrected chi connectivity index (χ1v) is 7.39. The van der Waals surface area contributed by atoms with Gasteiger partial charge >= 0.3 is 6.18 Å². The number of aromatic nitrogens is 1. The zero-order chi connectivity index (χ0) is 17.0. The highest BCUT2D eigenvalue weighted by Gasteiger charge is 2.34. The van der Waals surface area contributed by atoms with Crippen LogP contribution in [-0.4, -0.2) is 41.7 Å². The van der Waals surface area contributed by atoms with E-state index in [1.54, 1.807) is 4.90 Å². The van der Waals surface area contributed by atoms with Crippen molar-refractivity contribution in [3.8, 4) is 0 Å². The summed E-state index contributed by atoms with van der Waals surface area (Å²) in [7, 11) is 1.54. The molecule has 1 amide bonds. The molecular weight excluding hydrogens is 313 g/mol. The van der Waals surface area contributed by atoms with Gasteiger partial charge in [0.2, 0.25) is 5.91 Å². The van der Waals surface area contributed by atoms with Crippen LogP contribution in [0.15, 0.2) is 23.1 Å². The lowest BCUT2D eigenvalue weighted by atomic mass is 10.0. The van der Waals surface area contributed by atoms with E-state index in [1.165, 1.54) is 13.3 Å². The van der Waals surface area contributed by atoms with Crippen LogP contribution in [0.2, 0.25) is 0 Å². The van der Waals surface area contributed by atoms with Gasteiger partial charge in [-0.05, 0) is 31.4 Å². The summed E-state index contributed by atoms with van der Waals surface area (Å²) < 4.78 is 44.2. The van der Waals surface area contributed by atoms with Crippen molar-refractivity contribution in [1.82, 2.24) is 9.47 Å². The topological polar surface area (TPSA) is 51.5 Å². The largest absolute Gasteiger partial charge is 0.421 e. The van der Waals surface area contributed by atoms with Gasteiger partial charge < -0.3 is 14.2 Å². The molecular formula is C15H19F3N2O3. The third kappa shape index (κ3) is 4.13. The molecule has 23 heavy (non-hydrogen) atoms. The monoisotopic (exact) mass is 332 g/mol. The van der Waals surface area contributed by atoms with Gasteiger partial charge in [-0.3, -0.25) is 9.59 Å². The quantitative estimate of drug-likeness (QED) is 0.846. The molecule has 1 fully saturated rings. The number of hydrogen-bond acceptors (Lipinski definition) is 3. The van der Waals surface area contributed by atoms with Gasteiger partial charge in [-0.25, -0.2) is 0 Å². The van der Waals surface area contributed by atoms with Crippen LogP contribution in [0.1, 0.15) is 24.8 Å². The molecule has 128 valence electrons. The van der Waals surface area contributed by atoms with Gasteiger partial charge in [-0.15, -0.1) is 0 Å². The number of methoxy groups -OCH3 is 1. The molecule has 8 heteroatoms. The van der Waals surface area contributed by atoms with E-state index in [4.69, 9.17) is 4.74 Å². The second-order valence-corrected chi connectivity index (χ2v) is 5.54. The molecule has 1 aliphatic rings. The van der Waals surface area contributed by atoms with E-state index < -0.39 is 23.8 Å². The van der Waals surface area contributed by atoms with Crippen molar-refractivity contribution in [2.45, 2.75) is 38.0 Å². The van der Waals surface area contributed by atoms with E-state index in [0.29, 0.717) is 13.2 Å². The molecule has 1 aromatic heterocycles. The van der Waals surface area contributed by atoms with Gasteiger partial charge in [0.05, 0.1) is 12.6 Å². The van der Waals surface area contributed by atoms with Crippen LogP contribution < -0.4 is 5.56 Å². The highest BCUT2D eigenvalue weighted by atomic mass is 19.4. The summed E-state index contributed by atoms with van der Waals surface area (Å²) in [5.41, 5.74) is -2.46. The summed E-state index contributed by atoms with van der Waals surface area (Å²) in [6.07, 6.45) is -0.931. The molecule has 0 bridgehead atoms. The van der Waals surface area contributed by atoms with Gasteiger partial charge in [-0.1, -0.05) is 0 Å². The number of carbonyl (C=O) groups excluding carboxylic acids is 1. The molecule has 2 rings (SSSR count). The Kier molecular flexibility index (Phi) is 5.46. The number of piperidine rings is 1. The predicted molar refractivity (Wildman–Crippen MR) is 76.9 cm³/mol. The standard InChI is InChI=1S/C15H19F3N2O3/c1-23-10-11-5-2-3-8-20(11)13(21)9-19-7-4-6-12(14(19)22)15(16,17)18/h4,6-7,11H,2-3,5,8-10H2,1H3/t11-/m1/s1. The third-order valence-corrected chi connectivity index (χ3v) is 3.94. The number of amides is 1. The first-order chi connectivity index (χ1) is 10.8. The number of carbonyl (C=O) groups is 1. The fourth-order valence-corrected chi connectivity index (χ4v) is 2.81. The Morgan fingerprint density at radius 3 is 2.78 bits per heavy atom. The summed E-state index contributed by atoms with van der Waals surface area (Å²) >= 11 is 0. The smallest absolute Gasteiger partial charge is 0.383 e. The predicted octanol–water partition coefficient (Wildman–Crippen LogP) is 1.89. The molecule has 0 radical (unpaired) electrons. The Hall–Kier alpha value is -1.83. The van der Waals surface area contributed by atoms with E-state index in [0.717, 1.165) is 36.0 Å². The normalized spacial score (nSPS) is 19.0. The van der Waals surface area contributed by atoms with Crippen LogP contribution in [0.3, 0.4) is 0 Å². The Morgan fingerprint density at radius 2 is 2.13 bits per heavy atom. The highest BCUT2D eigenvalue weighted by molar-refractivity contribution is 5.76. The minimum absolute atomic E-state index is 0.0947. The molecule has 1 aromatic rings. The SMILES string of the molecule is COC[C@H]1CCCCN1C(=O)Cn1cccc(C(F)(F)F)c1=O. The first kappa shape index (κ1) is 17.5. The second kappa shape index (κ2) is 7.16. The molecule has 1 atom stereocenters. The summed E-state index contributed by atoms with van der Waals surface area (Å²) in [6.45, 7) is 0.507. The fourth-order valence-electron chi connectivity index (χ4n) is 2.81. The van der Waals surface area contributed by atoms with Crippen molar-refractivity contribution < 1.29 is 22.7 Å². The first-order valence-electron chi connectivity index (χ1n) is 7.39. The maximum Gasteiger partial charge on any atom is 0.421 e. The fraction of sp³-hybridized carbons (Fsp3) is 0.600. The lowest BCUT2D eigenvalue weighted by molar-refractivity contribution is -0.140. The van der Waals surface area contributed by atoms with Crippen molar-refractivity contribution in [1.29, 1.82) is 0 Å². The Morgan fingerprint density at radius 1 is 1.39 bits per heavy atom. The number of pyridine rings is 1. The van der Waals surface area contributed by atoms with Gasteiger partial charge in [0.1, 0.15) is 12.1 Å². The van der Waals surface area contributed by atoms with E-state index in [1.807, 2.05) is 0 Å². The number of likely N-dealkylation sites (tertiary alicyclic amines) is 1. The van der Waals surface area contributed by atoms with Crippen molar-refractivity contribution in [3.05, 3.63) is 34.2 Å². The van der Waals surface area contributed by atoms with Crippen LogP contribution in [-0.2, 0) is 22.3 Å². The number of alkyl halides is 3. The molecule has 5 nitrogen and oxygen atoms in total. The average Bonchev–Trinajstić information content (AvgIpc) is 2.49. The summed E-state index contributed by atoms with van der Waals surface area (Å²) in [5.74, 6) is -0.367. The van der Waals surface area contributed by atoms with Gasteiger partial charge in [-0.2, -0.15) is 13.2 Å². The van der Waals surface area contributed by atoms with Gasteiger partial charge in [0.25, 0.3) is 5.56 Å². The zero-order valence-corrected chi connectivity index (χ0v) is 12.8. The Bertz CT molecular complexity index is 611. The van der Waals surface area contributed by atoms with Crippen LogP contribution in [0, 0.1) is 0 Å². The molecule has 0 N–H and O–H groups in total. The second-order valence-electron chi connectivity index (χ2n) is 5.54. The summed E-state index contributed by atoms with van der Waals surface area (Å²) in [6, 6.07) is 1.75. The van der Waals surface area contributed by atoms with Crippen LogP contribution in [0.4, 0.5) is 13.2 Å². The van der Waals surface area contributed by atoms with Crippen molar-refractivity contribution in [3.63, 3.8) is 0 Å². The number of rotatable bonds is 4. The molecule has 1 saturated heterocycles. The van der Waals surface area contributed by atoms with Gasteiger partial charge in [0, 0.05) is 19.9 Å². The zero-order valence-electron chi connectivity index (χ0n) is 12.8. The molecule has 0 spiro atoms. The van der Waals surface area contributed by atoms with E-state index >= 15 is 0 Å².